The molecule has 5 nitrogen and oxygen atoms in total. The van der Waals surface area contributed by atoms with Gasteiger partial charge in [0.25, 0.3) is 6.01 Å². The van der Waals surface area contributed by atoms with Crippen LogP contribution in [-0.4, -0.2) is 42.0 Å². The molecule has 0 saturated carbocycles. The van der Waals surface area contributed by atoms with Crippen molar-refractivity contribution in [3.8, 4) is 11.3 Å². The number of benzene rings is 1. The molecule has 1 saturated heterocycles. The average molecular weight is 317 g/mol. The van der Waals surface area contributed by atoms with Crippen LogP contribution in [0, 0.1) is 11.7 Å². The lowest BCUT2D eigenvalue weighted by atomic mass is 10.1. The van der Waals surface area contributed by atoms with Crippen molar-refractivity contribution in [3.05, 3.63) is 36.3 Å². The highest BCUT2D eigenvalue weighted by Crippen LogP contribution is 2.27. The number of carbonyl (C=O) groups is 1. The van der Waals surface area contributed by atoms with Crippen molar-refractivity contribution in [1.82, 2.24) is 9.88 Å². The number of rotatable bonds is 3. The number of amides is 1. The molecule has 0 bridgehead atoms. The van der Waals surface area contributed by atoms with Crippen molar-refractivity contribution in [2.75, 3.05) is 31.1 Å². The van der Waals surface area contributed by atoms with Crippen LogP contribution < -0.4 is 4.90 Å². The minimum Gasteiger partial charge on any atom is -0.423 e. The number of oxazole rings is 1. The smallest absolute Gasteiger partial charge is 0.297 e. The lowest BCUT2D eigenvalue weighted by molar-refractivity contribution is -0.134. The molecule has 3 rings (SSSR count). The fraction of sp³-hybridized carbons (Fsp3) is 0.412. The number of carbonyl (C=O) groups excluding carboxylic acids is 1. The highest BCUT2D eigenvalue weighted by molar-refractivity contribution is 5.78. The minimum atomic E-state index is -0.331. The lowest BCUT2D eigenvalue weighted by Crippen LogP contribution is -2.50. The zero-order valence-corrected chi connectivity index (χ0v) is 13.3. The number of piperazine rings is 1. The van der Waals surface area contributed by atoms with E-state index in [4.69, 9.17) is 4.42 Å². The molecule has 0 N–H and O–H groups in total. The van der Waals surface area contributed by atoms with Gasteiger partial charge in [0.2, 0.25) is 5.91 Å². The summed E-state index contributed by atoms with van der Waals surface area (Å²) in [6, 6.07) is 6.94. The molecule has 1 aliphatic rings. The Morgan fingerprint density at radius 1 is 1.22 bits per heavy atom. The Kier molecular flexibility index (Phi) is 4.32. The van der Waals surface area contributed by atoms with E-state index in [0.717, 1.165) is 0 Å². The van der Waals surface area contributed by atoms with Gasteiger partial charge < -0.3 is 14.2 Å². The number of halogens is 1. The normalized spacial score (nSPS) is 15.3. The molecule has 6 heteroatoms. The fourth-order valence-corrected chi connectivity index (χ4v) is 2.68. The summed E-state index contributed by atoms with van der Waals surface area (Å²) in [5.74, 6) is 0.265. The largest absolute Gasteiger partial charge is 0.423 e. The second-order valence-electron chi connectivity index (χ2n) is 5.95. The molecule has 0 aliphatic carbocycles. The van der Waals surface area contributed by atoms with E-state index in [9.17, 15) is 9.18 Å². The van der Waals surface area contributed by atoms with E-state index in [2.05, 4.69) is 4.98 Å². The Morgan fingerprint density at radius 3 is 2.57 bits per heavy atom. The molecule has 2 aromatic rings. The third kappa shape index (κ3) is 3.21. The van der Waals surface area contributed by atoms with Gasteiger partial charge in [0.1, 0.15) is 5.82 Å². The van der Waals surface area contributed by atoms with Crippen molar-refractivity contribution < 1.29 is 13.6 Å². The van der Waals surface area contributed by atoms with E-state index >= 15 is 0 Å². The van der Waals surface area contributed by atoms with Crippen LogP contribution in [0.4, 0.5) is 10.4 Å². The number of hydrogen-bond donors (Lipinski definition) is 0. The summed E-state index contributed by atoms with van der Waals surface area (Å²) in [6.45, 7) is 6.43. The first-order valence-corrected chi connectivity index (χ1v) is 7.80. The standard InChI is InChI=1S/C17H20FN3O2/c1-12(2)16(22)20-7-9-21(10-8-20)17-19-11-15(23-17)13-5-3-4-6-14(13)18/h3-6,11-12H,7-10H2,1-2H3. The maximum atomic E-state index is 13.8. The van der Waals surface area contributed by atoms with Crippen LogP contribution >= 0.6 is 0 Å². The molecule has 1 aromatic carbocycles. The van der Waals surface area contributed by atoms with Crippen molar-refractivity contribution in [2.24, 2.45) is 5.92 Å². The van der Waals surface area contributed by atoms with E-state index in [1.165, 1.54) is 6.07 Å². The Hall–Kier alpha value is -2.37. The molecular weight excluding hydrogens is 297 g/mol. The summed E-state index contributed by atoms with van der Waals surface area (Å²) in [5.41, 5.74) is 0.403. The summed E-state index contributed by atoms with van der Waals surface area (Å²) in [5, 5.41) is 0. The number of aromatic nitrogens is 1. The summed E-state index contributed by atoms with van der Waals surface area (Å²) >= 11 is 0. The molecule has 1 fully saturated rings. The van der Waals surface area contributed by atoms with Crippen LogP contribution in [-0.2, 0) is 4.79 Å². The highest BCUT2D eigenvalue weighted by Gasteiger charge is 2.25. The van der Waals surface area contributed by atoms with Crippen LogP contribution in [0.3, 0.4) is 0 Å². The fourth-order valence-electron chi connectivity index (χ4n) is 2.68. The first-order chi connectivity index (χ1) is 11.1. The van der Waals surface area contributed by atoms with E-state index in [-0.39, 0.29) is 17.6 Å². The Balaban J connectivity index is 1.68. The Bertz CT molecular complexity index is 691. The third-order valence-electron chi connectivity index (χ3n) is 3.99. The molecule has 23 heavy (non-hydrogen) atoms. The predicted molar refractivity (Wildman–Crippen MR) is 85.5 cm³/mol. The van der Waals surface area contributed by atoms with Gasteiger partial charge in [-0.15, -0.1) is 0 Å². The van der Waals surface area contributed by atoms with Gasteiger partial charge in [-0.3, -0.25) is 4.79 Å². The first kappa shape index (κ1) is 15.5. The zero-order valence-electron chi connectivity index (χ0n) is 13.3. The molecular formula is C17H20FN3O2. The van der Waals surface area contributed by atoms with Gasteiger partial charge in [-0.25, -0.2) is 9.37 Å². The van der Waals surface area contributed by atoms with Gasteiger partial charge in [-0.1, -0.05) is 26.0 Å². The van der Waals surface area contributed by atoms with Crippen LogP contribution in [0.5, 0.6) is 0 Å². The topological polar surface area (TPSA) is 49.6 Å². The predicted octanol–water partition coefficient (Wildman–Crippen LogP) is 2.79. The molecule has 1 amide bonds. The quantitative estimate of drug-likeness (QED) is 0.873. The highest BCUT2D eigenvalue weighted by atomic mass is 19.1. The third-order valence-corrected chi connectivity index (χ3v) is 3.99. The van der Waals surface area contributed by atoms with Crippen LogP contribution in [0.1, 0.15) is 13.8 Å². The first-order valence-electron chi connectivity index (χ1n) is 7.80. The number of hydrogen-bond acceptors (Lipinski definition) is 4. The lowest BCUT2D eigenvalue weighted by Gasteiger charge is -2.34. The molecule has 0 atom stereocenters. The monoisotopic (exact) mass is 317 g/mol. The molecule has 2 heterocycles. The summed E-state index contributed by atoms with van der Waals surface area (Å²) in [7, 11) is 0. The van der Waals surface area contributed by atoms with Crippen LogP contribution in [0.2, 0.25) is 0 Å². The zero-order chi connectivity index (χ0) is 16.4. The molecule has 0 radical (unpaired) electrons. The maximum absolute atomic E-state index is 13.8. The molecule has 1 aliphatic heterocycles. The molecule has 122 valence electrons. The Labute approximate surface area is 134 Å². The van der Waals surface area contributed by atoms with Gasteiger partial charge in [-0.05, 0) is 12.1 Å². The Morgan fingerprint density at radius 2 is 1.91 bits per heavy atom. The van der Waals surface area contributed by atoms with Crippen molar-refractivity contribution in [3.63, 3.8) is 0 Å². The number of nitrogens with zero attached hydrogens (tertiary/aromatic N) is 3. The van der Waals surface area contributed by atoms with E-state index in [1.54, 1.807) is 24.4 Å². The van der Waals surface area contributed by atoms with E-state index in [0.29, 0.717) is 43.5 Å². The minimum absolute atomic E-state index is 0.0101. The van der Waals surface area contributed by atoms with Gasteiger partial charge in [0.05, 0.1) is 11.8 Å². The van der Waals surface area contributed by atoms with Crippen LogP contribution in [0.25, 0.3) is 11.3 Å². The van der Waals surface area contributed by atoms with Gasteiger partial charge >= 0.3 is 0 Å². The average Bonchev–Trinajstić information content (AvgIpc) is 3.04. The van der Waals surface area contributed by atoms with Crippen molar-refractivity contribution in [2.45, 2.75) is 13.8 Å². The molecule has 1 aromatic heterocycles. The number of anilines is 1. The van der Waals surface area contributed by atoms with Gasteiger partial charge in [-0.2, -0.15) is 0 Å². The summed E-state index contributed by atoms with van der Waals surface area (Å²) < 4.78 is 19.5. The SMILES string of the molecule is CC(C)C(=O)N1CCN(c2ncc(-c3ccccc3F)o2)CC1. The van der Waals surface area contributed by atoms with Gasteiger partial charge in [0, 0.05) is 32.1 Å². The summed E-state index contributed by atoms with van der Waals surface area (Å²) in [6.07, 6.45) is 1.54. The van der Waals surface area contributed by atoms with Gasteiger partial charge in [0.15, 0.2) is 5.76 Å². The summed E-state index contributed by atoms with van der Waals surface area (Å²) in [4.78, 5) is 20.1. The van der Waals surface area contributed by atoms with E-state index < -0.39 is 0 Å². The van der Waals surface area contributed by atoms with Crippen molar-refractivity contribution in [1.29, 1.82) is 0 Å². The second kappa shape index (κ2) is 6.40. The molecule has 0 unspecified atom stereocenters. The second-order valence-corrected chi connectivity index (χ2v) is 5.95. The maximum Gasteiger partial charge on any atom is 0.297 e. The van der Waals surface area contributed by atoms with E-state index in [1.807, 2.05) is 23.6 Å². The molecule has 0 spiro atoms. The van der Waals surface area contributed by atoms with Crippen molar-refractivity contribution >= 4 is 11.9 Å². The van der Waals surface area contributed by atoms with Crippen LogP contribution in [0.15, 0.2) is 34.9 Å².